The third kappa shape index (κ3) is 4.22. The average molecular weight is 503 g/mol. The lowest BCUT2D eigenvalue weighted by Crippen LogP contribution is -2.40. The largest absolute Gasteiger partial charge is 0.308 e. The fourth-order valence-electron chi connectivity index (χ4n) is 4.17. The number of rotatable bonds is 5. The molecule has 3 heterocycles. The summed E-state index contributed by atoms with van der Waals surface area (Å²) in [4.78, 5) is 19.7. The highest BCUT2D eigenvalue weighted by molar-refractivity contribution is 7.89. The number of H-pyrrole nitrogens is 1. The minimum absolute atomic E-state index is 0.0704. The maximum atomic E-state index is 14.2. The summed E-state index contributed by atoms with van der Waals surface area (Å²) < 4.78 is 43.1. The van der Waals surface area contributed by atoms with E-state index >= 15 is 0 Å². The van der Waals surface area contributed by atoms with E-state index < -0.39 is 21.4 Å². The Labute approximate surface area is 199 Å². The molecule has 1 N–H and O–H groups in total. The number of aromatic nitrogens is 5. The van der Waals surface area contributed by atoms with E-state index in [4.69, 9.17) is 11.6 Å². The van der Waals surface area contributed by atoms with Crippen molar-refractivity contribution in [3.8, 4) is 0 Å². The highest BCUT2D eigenvalue weighted by atomic mass is 35.5. The molecule has 0 radical (unpaired) electrons. The van der Waals surface area contributed by atoms with Gasteiger partial charge in [0.05, 0.1) is 6.54 Å². The number of hydrogen-bond acceptors (Lipinski definition) is 6. The summed E-state index contributed by atoms with van der Waals surface area (Å²) in [6.45, 7) is 0.639. The molecule has 34 heavy (non-hydrogen) atoms. The number of aromatic amines is 1. The summed E-state index contributed by atoms with van der Waals surface area (Å²) in [6.07, 6.45) is 1.16. The maximum absolute atomic E-state index is 14.2. The Hall–Kier alpha value is -3.15. The molecule has 1 aliphatic rings. The first-order valence-electron chi connectivity index (χ1n) is 10.7. The summed E-state index contributed by atoms with van der Waals surface area (Å²) in [5.41, 5.74) is 0.805. The van der Waals surface area contributed by atoms with Crippen LogP contribution in [0.3, 0.4) is 0 Å². The van der Waals surface area contributed by atoms with Crippen molar-refractivity contribution in [3.63, 3.8) is 0 Å². The molecule has 176 valence electrons. The van der Waals surface area contributed by atoms with Crippen molar-refractivity contribution in [1.82, 2.24) is 29.3 Å². The number of nitrogens with one attached hydrogen (secondary N) is 1. The average Bonchev–Trinajstić information content (AvgIpc) is 3.22. The Morgan fingerprint density at radius 2 is 2.00 bits per heavy atom. The molecule has 12 heteroatoms. The zero-order valence-corrected chi connectivity index (χ0v) is 19.4. The van der Waals surface area contributed by atoms with E-state index in [2.05, 4.69) is 20.3 Å². The van der Waals surface area contributed by atoms with Gasteiger partial charge in [0.1, 0.15) is 16.5 Å². The lowest BCUT2D eigenvalue weighted by molar-refractivity contribution is 0.308. The predicted molar refractivity (Wildman–Crippen MR) is 124 cm³/mol. The van der Waals surface area contributed by atoms with Crippen LogP contribution in [-0.4, -0.2) is 50.8 Å². The molecular formula is C22H20ClFN6O3S. The van der Waals surface area contributed by atoms with Gasteiger partial charge in [0.2, 0.25) is 10.0 Å². The van der Waals surface area contributed by atoms with Crippen LogP contribution in [-0.2, 0) is 16.6 Å². The van der Waals surface area contributed by atoms with Gasteiger partial charge in [-0.2, -0.15) is 4.31 Å². The van der Waals surface area contributed by atoms with Crippen LogP contribution in [0.2, 0.25) is 5.02 Å². The minimum atomic E-state index is -4.03. The van der Waals surface area contributed by atoms with Crippen LogP contribution in [0.15, 0.2) is 58.2 Å². The monoisotopic (exact) mass is 502 g/mol. The van der Waals surface area contributed by atoms with Crippen molar-refractivity contribution >= 4 is 32.8 Å². The van der Waals surface area contributed by atoms with Crippen LogP contribution < -0.4 is 5.56 Å². The van der Waals surface area contributed by atoms with Gasteiger partial charge in [-0.05, 0) is 42.7 Å². The van der Waals surface area contributed by atoms with E-state index in [0.717, 1.165) is 11.6 Å². The van der Waals surface area contributed by atoms with Crippen molar-refractivity contribution in [2.75, 3.05) is 13.1 Å². The number of piperidine rings is 1. The lowest BCUT2D eigenvalue weighted by atomic mass is 9.99. The molecule has 2 aromatic heterocycles. The first-order valence-corrected chi connectivity index (χ1v) is 12.5. The molecule has 2 aromatic carbocycles. The minimum Gasteiger partial charge on any atom is -0.308 e. The highest BCUT2D eigenvalue weighted by Gasteiger charge is 2.33. The van der Waals surface area contributed by atoms with Crippen molar-refractivity contribution in [1.29, 1.82) is 0 Å². The smallest absolute Gasteiger partial charge is 0.281 e. The quantitative estimate of drug-likeness (QED) is 0.449. The van der Waals surface area contributed by atoms with Crippen LogP contribution in [0, 0.1) is 5.82 Å². The van der Waals surface area contributed by atoms with E-state index in [0.29, 0.717) is 35.9 Å². The molecule has 1 fully saturated rings. The second-order valence-electron chi connectivity index (χ2n) is 8.13. The molecule has 1 atom stereocenters. The van der Waals surface area contributed by atoms with Crippen LogP contribution in [0.4, 0.5) is 4.39 Å². The lowest BCUT2D eigenvalue weighted by Gasteiger charge is -2.31. The number of fused-ring (bicyclic) bond motifs is 1. The van der Waals surface area contributed by atoms with Gasteiger partial charge in [-0.15, -0.1) is 5.10 Å². The fraction of sp³-hybridized carbons (Fsp3) is 0.273. The normalized spacial score (nSPS) is 17.3. The van der Waals surface area contributed by atoms with Crippen LogP contribution >= 0.6 is 11.6 Å². The number of sulfonamides is 1. The Morgan fingerprint density at radius 3 is 2.79 bits per heavy atom. The van der Waals surface area contributed by atoms with Crippen molar-refractivity contribution < 1.29 is 12.8 Å². The molecule has 4 aromatic rings. The van der Waals surface area contributed by atoms with Crippen molar-refractivity contribution in [3.05, 3.63) is 81.1 Å². The molecule has 0 amide bonds. The molecule has 0 saturated carbocycles. The SMILES string of the molecule is O=c1[nH]c([C@H]2CCCN(S(=O)(=O)c3ccccc3F)C2)nc2c1nnn2Cc1cccc(Cl)c1. The van der Waals surface area contributed by atoms with E-state index in [1.807, 2.05) is 12.1 Å². The molecule has 0 spiro atoms. The molecule has 0 bridgehead atoms. The summed E-state index contributed by atoms with van der Waals surface area (Å²) in [6, 6.07) is 12.5. The summed E-state index contributed by atoms with van der Waals surface area (Å²) in [5.74, 6) is -0.823. The topological polar surface area (TPSA) is 114 Å². The number of nitrogens with zero attached hydrogens (tertiary/aromatic N) is 5. The predicted octanol–water partition coefficient (Wildman–Crippen LogP) is 2.92. The van der Waals surface area contributed by atoms with E-state index in [9.17, 15) is 17.6 Å². The molecule has 5 rings (SSSR count). The third-order valence-corrected chi connectivity index (χ3v) is 7.97. The second-order valence-corrected chi connectivity index (χ2v) is 10.5. The van der Waals surface area contributed by atoms with Gasteiger partial charge in [-0.1, -0.05) is 41.1 Å². The van der Waals surface area contributed by atoms with Gasteiger partial charge < -0.3 is 4.98 Å². The molecule has 1 saturated heterocycles. The Morgan fingerprint density at radius 1 is 1.18 bits per heavy atom. The van der Waals surface area contributed by atoms with Gasteiger partial charge >= 0.3 is 0 Å². The van der Waals surface area contributed by atoms with Gasteiger partial charge in [-0.3, -0.25) is 4.79 Å². The van der Waals surface area contributed by atoms with Gasteiger partial charge in [0.25, 0.3) is 5.56 Å². The van der Waals surface area contributed by atoms with E-state index in [-0.39, 0.29) is 29.4 Å². The molecule has 1 aliphatic heterocycles. The summed E-state index contributed by atoms with van der Waals surface area (Å²) in [5, 5.41) is 8.59. The Balaban J connectivity index is 1.47. The first kappa shape index (κ1) is 22.6. The van der Waals surface area contributed by atoms with Gasteiger partial charge in [0, 0.05) is 24.0 Å². The maximum Gasteiger partial charge on any atom is 0.281 e. The van der Waals surface area contributed by atoms with E-state index in [1.54, 1.807) is 12.1 Å². The number of benzene rings is 2. The molecular weight excluding hydrogens is 483 g/mol. The highest BCUT2D eigenvalue weighted by Crippen LogP contribution is 2.29. The van der Waals surface area contributed by atoms with Gasteiger partial charge in [0.15, 0.2) is 11.2 Å². The molecule has 0 unspecified atom stereocenters. The van der Waals surface area contributed by atoms with Crippen LogP contribution in [0.1, 0.15) is 30.1 Å². The Bertz CT molecular complexity index is 1540. The van der Waals surface area contributed by atoms with Crippen molar-refractivity contribution in [2.45, 2.75) is 30.2 Å². The first-order chi connectivity index (χ1) is 16.3. The van der Waals surface area contributed by atoms with Crippen LogP contribution in [0.5, 0.6) is 0 Å². The molecule has 0 aliphatic carbocycles. The van der Waals surface area contributed by atoms with E-state index in [1.165, 1.54) is 27.2 Å². The number of halogens is 2. The Kier molecular flexibility index (Phi) is 5.92. The van der Waals surface area contributed by atoms with Crippen LogP contribution in [0.25, 0.3) is 11.2 Å². The third-order valence-electron chi connectivity index (χ3n) is 5.84. The number of hydrogen-bond donors (Lipinski definition) is 1. The fourth-order valence-corrected chi connectivity index (χ4v) is 5.97. The van der Waals surface area contributed by atoms with Crippen molar-refractivity contribution in [2.24, 2.45) is 0 Å². The van der Waals surface area contributed by atoms with Gasteiger partial charge in [-0.25, -0.2) is 22.5 Å². The standard InChI is InChI=1S/C22H20ClFN6O3S/c23-16-7-3-5-14(11-16)12-30-21-19(27-28-30)22(31)26-20(25-21)15-6-4-10-29(13-15)34(32,33)18-9-2-1-8-17(18)24/h1-3,5,7-9,11,15H,4,6,10,12-13H2,(H,25,26,31)/t15-/m0/s1. The second kappa shape index (κ2) is 8.90. The molecule has 9 nitrogen and oxygen atoms in total. The summed E-state index contributed by atoms with van der Waals surface area (Å²) in [7, 11) is -4.03. The zero-order valence-electron chi connectivity index (χ0n) is 17.9. The summed E-state index contributed by atoms with van der Waals surface area (Å²) >= 11 is 6.07. The zero-order chi connectivity index (χ0) is 23.9.